The molecule has 0 atom stereocenters. The second-order valence-corrected chi connectivity index (χ2v) is 9.39. The van der Waals surface area contributed by atoms with Gasteiger partial charge < -0.3 is 15.7 Å². The quantitative estimate of drug-likeness (QED) is 0.301. The van der Waals surface area contributed by atoms with Gasteiger partial charge in [-0.3, -0.25) is 4.79 Å². The van der Waals surface area contributed by atoms with Gasteiger partial charge in [-0.1, -0.05) is 24.6 Å². The van der Waals surface area contributed by atoms with E-state index in [1.54, 1.807) is 36.4 Å². The maximum absolute atomic E-state index is 13.2. The minimum absolute atomic E-state index is 0.00403. The lowest BCUT2D eigenvalue weighted by atomic mass is 9.82. The second-order valence-electron chi connectivity index (χ2n) is 8.44. The van der Waals surface area contributed by atoms with Crippen molar-refractivity contribution >= 4 is 29.0 Å². The van der Waals surface area contributed by atoms with E-state index in [1.807, 2.05) is 11.4 Å². The molecule has 9 heteroatoms. The van der Waals surface area contributed by atoms with E-state index in [2.05, 4.69) is 15.7 Å². The van der Waals surface area contributed by atoms with Gasteiger partial charge in [-0.15, -0.1) is 11.3 Å². The monoisotopic (exact) mass is 490 g/mol. The average molecular weight is 491 g/mol. The molecule has 0 unspecified atom stereocenters. The Hall–Kier alpha value is -3.98. The van der Waals surface area contributed by atoms with Crippen LogP contribution in [-0.4, -0.2) is 26.8 Å². The Morgan fingerprint density at radius 3 is 2.60 bits per heavy atom. The van der Waals surface area contributed by atoms with Gasteiger partial charge in [-0.05, 0) is 66.2 Å². The number of amides is 2. The van der Waals surface area contributed by atoms with E-state index in [-0.39, 0.29) is 29.9 Å². The molecule has 0 aliphatic heterocycles. The Labute approximate surface area is 205 Å². The Morgan fingerprint density at radius 1 is 1.11 bits per heavy atom. The van der Waals surface area contributed by atoms with E-state index in [1.165, 1.54) is 34.2 Å². The minimum Gasteiger partial charge on any atom is -0.507 e. The number of halogens is 1. The Kier molecular flexibility index (Phi) is 6.33. The van der Waals surface area contributed by atoms with Gasteiger partial charge in [-0.2, -0.15) is 9.78 Å². The Morgan fingerprint density at radius 2 is 1.91 bits per heavy atom. The predicted molar refractivity (Wildman–Crippen MR) is 132 cm³/mol. The summed E-state index contributed by atoms with van der Waals surface area (Å²) in [5.41, 5.74) is 2.91. The van der Waals surface area contributed by atoms with Gasteiger partial charge in [0.05, 0.1) is 16.3 Å². The minimum atomic E-state index is -0.399. The van der Waals surface area contributed by atoms with E-state index < -0.39 is 6.03 Å². The van der Waals surface area contributed by atoms with E-state index in [9.17, 15) is 19.1 Å². The van der Waals surface area contributed by atoms with Crippen LogP contribution in [-0.2, 0) is 6.54 Å². The maximum Gasteiger partial charge on any atom is 0.342 e. The number of aromatic hydroxyl groups is 1. The van der Waals surface area contributed by atoms with Gasteiger partial charge in [0.2, 0.25) is 0 Å². The molecule has 178 valence electrons. The number of rotatable bonds is 6. The topological polar surface area (TPSA) is 96.2 Å². The molecular formula is C26H23FN4O3S. The first-order chi connectivity index (χ1) is 17.0. The SMILES string of the molecule is O=C(Nc1ccc(O)c(-c2cc(C3CCC3)n(C(=O)NCc3ccc(F)cc3)n2)c1)c1cccs1. The van der Waals surface area contributed by atoms with Crippen molar-refractivity contribution in [3.05, 3.63) is 88.0 Å². The highest BCUT2D eigenvalue weighted by Crippen LogP contribution is 2.39. The molecule has 2 aromatic carbocycles. The van der Waals surface area contributed by atoms with E-state index in [0.717, 1.165) is 30.5 Å². The average Bonchev–Trinajstić information content (AvgIpc) is 3.50. The maximum atomic E-state index is 13.2. The lowest BCUT2D eigenvalue weighted by molar-refractivity contribution is 0.103. The summed E-state index contributed by atoms with van der Waals surface area (Å²) in [4.78, 5) is 26.0. The number of carbonyl (C=O) groups is 2. The fourth-order valence-corrected chi connectivity index (χ4v) is 4.58. The Balaban J connectivity index is 1.40. The predicted octanol–water partition coefficient (Wildman–Crippen LogP) is 5.73. The van der Waals surface area contributed by atoms with Crippen molar-refractivity contribution in [3.8, 4) is 17.0 Å². The number of nitrogens with one attached hydrogen (secondary N) is 2. The highest BCUT2D eigenvalue weighted by Gasteiger charge is 2.27. The lowest BCUT2D eigenvalue weighted by Gasteiger charge is -2.25. The third-order valence-corrected chi connectivity index (χ3v) is 6.95. The van der Waals surface area contributed by atoms with Gasteiger partial charge in [0.15, 0.2) is 0 Å². The summed E-state index contributed by atoms with van der Waals surface area (Å²) in [6.07, 6.45) is 3.00. The highest BCUT2D eigenvalue weighted by atomic mass is 32.1. The normalized spacial score (nSPS) is 13.3. The van der Waals surface area contributed by atoms with Crippen LogP contribution in [0.5, 0.6) is 5.75 Å². The molecule has 1 aliphatic rings. The third kappa shape index (κ3) is 4.95. The highest BCUT2D eigenvalue weighted by molar-refractivity contribution is 7.12. The zero-order chi connectivity index (χ0) is 24.4. The fourth-order valence-electron chi connectivity index (χ4n) is 3.96. The number of benzene rings is 2. The molecule has 0 radical (unpaired) electrons. The number of anilines is 1. The van der Waals surface area contributed by atoms with Crippen molar-refractivity contribution in [1.82, 2.24) is 15.1 Å². The molecule has 1 fully saturated rings. The van der Waals surface area contributed by atoms with Crippen molar-refractivity contribution in [2.24, 2.45) is 0 Å². The lowest BCUT2D eigenvalue weighted by Crippen LogP contribution is -2.31. The van der Waals surface area contributed by atoms with Crippen LogP contribution in [0.1, 0.15) is 46.1 Å². The molecule has 5 rings (SSSR count). The van der Waals surface area contributed by atoms with E-state index >= 15 is 0 Å². The van der Waals surface area contributed by atoms with Crippen LogP contribution in [0.4, 0.5) is 14.9 Å². The summed E-state index contributed by atoms with van der Waals surface area (Å²) in [5.74, 6) is -0.373. The van der Waals surface area contributed by atoms with Gasteiger partial charge in [0.1, 0.15) is 11.6 Å². The number of hydrogen-bond acceptors (Lipinski definition) is 5. The first-order valence-electron chi connectivity index (χ1n) is 11.3. The molecule has 0 saturated heterocycles. The first kappa shape index (κ1) is 22.8. The molecule has 7 nitrogen and oxygen atoms in total. The largest absolute Gasteiger partial charge is 0.507 e. The van der Waals surface area contributed by atoms with Crippen molar-refractivity contribution in [2.75, 3.05) is 5.32 Å². The molecule has 0 spiro atoms. The van der Waals surface area contributed by atoms with E-state index in [4.69, 9.17) is 0 Å². The number of phenols is 1. The summed E-state index contributed by atoms with van der Waals surface area (Å²) in [7, 11) is 0. The van der Waals surface area contributed by atoms with Crippen molar-refractivity contribution in [3.63, 3.8) is 0 Å². The van der Waals surface area contributed by atoms with Crippen LogP contribution in [0.3, 0.4) is 0 Å². The molecule has 3 N–H and O–H groups in total. The fraction of sp³-hybridized carbons (Fsp3) is 0.192. The number of aromatic nitrogens is 2. The number of hydrogen-bond donors (Lipinski definition) is 3. The van der Waals surface area contributed by atoms with Crippen LogP contribution in [0.2, 0.25) is 0 Å². The van der Waals surface area contributed by atoms with Gasteiger partial charge in [0.25, 0.3) is 5.91 Å². The third-order valence-electron chi connectivity index (χ3n) is 6.09. The summed E-state index contributed by atoms with van der Waals surface area (Å²) in [6, 6.07) is 15.6. The molecule has 1 aliphatic carbocycles. The molecule has 35 heavy (non-hydrogen) atoms. The van der Waals surface area contributed by atoms with Crippen LogP contribution in [0, 0.1) is 5.82 Å². The molecular weight excluding hydrogens is 467 g/mol. The van der Waals surface area contributed by atoms with Crippen molar-refractivity contribution in [2.45, 2.75) is 31.7 Å². The second kappa shape index (κ2) is 9.71. The number of carbonyl (C=O) groups excluding carboxylic acids is 2. The van der Waals surface area contributed by atoms with E-state index in [0.29, 0.717) is 21.8 Å². The zero-order valence-corrected chi connectivity index (χ0v) is 19.5. The molecule has 2 heterocycles. The number of thiophene rings is 1. The summed E-state index contributed by atoms with van der Waals surface area (Å²) in [5, 5.41) is 22.5. The van der Waals surface area contributed by atoms with Gasteiger partial charge >= 0.3 is 6.03 Å². The van der Waals surface area contributed by atoms with Crippen LogP contribution < -0.4 is 10.6 Å². The number of nitrogens with zero attached hydrogens (tertiary/aromatic N) is 2. The smallest absolute Gasteiger partial charge is 0.342 e. The molecule has 4 aromatic rings. The molecule has 2 amide bonds. The number of phenolic OH excluding ortho intramolecular Hbond substituents is 1. The summed E-state index contributed by atoms with van der Waals surface area (Å²) < 4.78 is 14.5. The van der Waals surface area contributed by atoms with Crippen molar-refractivity contribution < 1.29 is 19.1 Å². The summed E-state index contributed by atoms with van der Waals surface area (Å²) >= 11 is 1.34. The Bertz CT molecular complexity index is 1360. The summed E-state index contributed by atoms with van der Waals surface area (Å²) in [6.45, 7) is 0.230. The molecule has 0 bridgehead atoms. The molecule has 2 aromatic heterocycles. The van der Waals surface area contributed by atoms with Gasteiger partial charge in [0, 0.05) is 23.7 Å². The van der Waals surface area contributed by atoms with Crippen LogP contribution >= 0.6 is 11.3 Å². The molecule has 1 saturated carbocycles. The van der Waals surface area contributed by atoms with Crippen molar-refractivity contribution in [1.29, 1.82) is 0 Å². The van der Waals surface area contributed by atoms with Crippen LogP contribution in [0.15, 0.2) is 66.0 Å². The standard InChI is InChI=1S/C26H23FN4O3S/c27-18-8-6-16(7-9-18)15-28-26(34)31-22(17-3-1-4-17)14-21(30-31)20-13-19(10-11-23(20)32)29-25(33)24-5-2-12-35-24/h2,5-14,17,32H,1,3-4,15H2,(H,28,34)(H,29,33). The zero-order valence-electron chi connectivity index (χ0n) is 18.7. The van der Waals surface area contributed by atoms with Crippen LogP contribution in [0.25, 0.3) is 11.3 Å². The first-order valence-corrected chi connectivity index (χ1v) is 12.2. The van der Waals surface area contributed by atoms with Gasteiger partial charge in [-0.25, -0.2) is 9.18 Å².